The zero-order valence-electron chi connectivity index (χ0n) is 16.0. The minimum absolute atomic E-state index is 0.0274. The molecule has 1 aliphatic carbocycles. The van der Waals surface area contributed by atoms with Crippen LogP contribution in [-0.4, -0.2) is 34.4 Å². The number of alkyl halides is 3. The Hall–Kier alpha value is -2.68. The zero-order valence-corrected chi connectivity index (χ0v) is 16.8. The molecule has 1 atom stereocenters. The fourth-order valence-electron chi connectivity index (χ4n) is 2.78. The van der Waals surface area contributed by atoms with Gasteiger partial charge in [0.15, 0.2) is 6.61 Å². The highest BCUT2D eigenvalue weighted by molar-refractivity contribution is 6.31. The van der Waals surface area contributed by atoms with Crippen LogP contribution in [0.5, 0.6) is 5.75 Å². The summed E-state index contributed by atoms with van der Waals surface area (Å²) in [5.41, 5.74) is 0.610. The first-order valence-electron chi connectivity index (χ1n) is 9.27. The van der Waals surface area contributed by atoms with Gasteiger partial charge in [0.1, 0.15) is 23.1 Å². The van der Waals surface area contributed by atoms with Crippen LogP contribution >= 0.6 is 11.6 Å². The van der Waals surface area contributed by atoms with Crippen molar-refractivity contribution in [2.75, 3.05) is 6.61 Å². The Morgan fingerprint density at radius 1 is 1.30 bits per heavy atom. The van der Waals surface area contributed by atoms with Gasteiger partial charge in [-0.05, 0) is 43.5 Å². The lowest BCUT2D eigenvalue weighted by Gasteiger charge is -2.17. The molecule has 1 unspecified atom stereocenters. The summed E-state index contributed by atoms with van der Waals surface area (Å²) in [4.78, 5) is 32.6. The quantitative estimate of drug-likeness (QED) is 0.667. The minimum atomic E-state index is -4.45. The lowest BCUT2D eigenvalue weighted by molar-refractivity contribution is -0.153. The number of nitrogens with one attached hydrogen (secondary N) is 1. The molecule has 1 aromatic heterocycles. The maximum atomic E-state index is 12.5. The number of ether oxygens (including phenoxy) is 1. The van der Waals surface area contributed by atoms with Crippen molar-refractivity contribution in [3.05, 3.63) is 52.6 Å². The van der Waals surface area contributed by atoms with Crippen LogP contribution in [-0.2, 0) is 11.2 Å². The third kappa shape index (κ3) is 6.16. The second-order valence-corrected chi connectivity index (χ2v) is 7.46. The van der Waals surface area contributed by atoms with Crippen LogP contribution in [0, 0.1) is 5.92 Å². The van der Waals surface area contributed by atoms with Gasteiger partial charge in [-0.1, -0.05) is 17.7 Å². The lowest BCUT2D eigenvalue weighted by atomic mass is 10.1. The average Bonchev–Trinajstić information content (AvgIpc) is 3.51. The summed E-state index contributed by atoms with van der Waals surface area (Å²) in [6.45, 7) is 0.252. The van der Waals surface area contributed by atoms with Gasteiger partial charge < -0.3 is 10.1 Å². The van der Waals surface area contributed by atoms with Crippen LogP contribution in [0.2, 0.25) is 5.02 Å². The van der Waals surface area contributed by atoms with Gasteiger partial charge in [-0.3, -0.25) is 9.59 Å². The molecule has 10 heteroatoms. The highest BCUT2D eigenvalue weighted by atomic mass is 35.5. The summed E-state index contributed by atoms with van der Waals surface area (Å²) in [6.07, 6.45) is -1.17. The molecule has 2 aromatic rings. The smallest absolute Gasteiger partial charge is 0.422 e. The van der Waals surface area contributed by atoms with Gasteiger partial charge in [-0.15, -0.1) is 0 Å². The molecule has 0 spiro atoms. The number of carbonyl (C=O) groups is 2. The Bertz CT molecular complexity index is 948. The number of hydrogen-bond donors (Lipinski definition) is 1. The number of amides is 1. The van der Waals surface area contributed by atoms with Crippen molar-refractivity contribution in [3.63, 3.8) is 0 Å². The van der Waals surface area contributed by atoms with Gasteiger partial charge in [-0.2, -0.15) is 13.2 Å². The van der Waals surface area contributed by atoms with Crippen molar-refractivity contribution in [3.8, 4) is 5.75 Å². The zero-order chi connectivity index (χ0) is 21.9. The SMILES string of the molecule is CC(NC(=O)c1ccnc(CC(=O)C2CC2)n1)c1ccc(OCC(F)(F)F)cc1Cl. The molecule has 1 aromatic carbocycles. The summed E-state index contributed by atoms with van der Waals surface area (Å²) in [7, 11) is 0. The van der Waals surface area contributed by atoms with E-state index in [2.05, 4.69) is 20.0 Å². The Balaban J connectivity index is 1.63. The summed E-state index contributed by atoms with van der Waals surface area (Å²) in [6, 6.07) is 4.98. The molecule has 1 amide bonds. The number of rotatable bonds is 8. The van der Waals surface area contributed by atoms with Crippen LogP contribution < -0.4 is 10.1 Å². The number of carbonyl (C=O) groups excluding carboxylic acids is 2. The summed E-state index contributed by atoms with van der Waals surface area (Å²) in [5, 5.41) is 2.88. The second-order valence-electron chi connectivity index (χ2n) is 7.06. The maximum Gasteiger partial charge on any atom is 0.422 e. The molecule has 0 radical (unpaired) electrons. The predicted octanol–water partition coefficient (Wildman–Crippen LogP) is 4.08. The van der Waals surface area contributed by atoms with Crippen LogP contribution in [0.4, 0.5) is 13.2 Å². The monoisotopic (exact) mass is 441 g/mol. The molecule has 0 bridgehead atoms. The predicted molar refractivity (Wildman–Crippen MR) is 102 cm³/mol. The fraction of sp³-hybridized carbons (Fsp3) is 0.400. The van der Waals surface area contributed by atoms with Gasteiger partial charge in [0.25, 0.3) is 5.91 Å². The van der Waals surface area contributed by atoms with Crippen LogP contribution in [0.3, 0.4) is 0 Å². The fourth-order valence-corrected chi connectivity index (χ4v) is 3.11. The summed E-state index contributed by atoms with van der Waals surface area (Å²) in [5.74, 6) is -0.0767. The third-order valence-electron chi connectivity index (χ3n) is 4.49. The number of hydrogen-bond acceptors (Lipinski definition) is 5. The number of benzene rings is 1. The summed E-state index contributed by atoms with van der Waals surface area (Å²) < 4.78 is 41.4. The van der Waals surface area contributed by atoms with Crippen LogP contribution in [0.1, 0.15) is 47.7 Å². The van der Waals surface area contributed by atoms with E-state index in [9.17, 15) is 22.8 Å². The van der Waals surface area contributed by atoms with Gasteiger partial charge in [-0.25, -0.2) is 9.97 Å². The normalized spacial score (nSPS) is 14.8. The molecular formula is C20H19ClF3N3O3. The minimum Gasteiger partial charge on any atom is -0.484 e. The standard InChI is InChI=1S/C20H19ClF3N3O3/c1-11(14-5-4-13(8-15(14)21)30-10-20(22,23)24)26-19(29)16-6-7-25-18(27-16)9-17(28)12-2-3-12/h4-8,11-12H,2-3,9-10H2,1H3,(H,26,29). The molecule has 1 saturated carbocycles. The van der Waals surface area contributed by atoms with E-state index in [1.165, 1.54) is 30.5 Å². The number of ketones is 1. The Kier molecular flexibility index (Phi) is 6.60. The number of nitrogens with zero attached hydrogens (tertiary/aromatic N) is 2. The van der Waals surface area contributed by atoms with Crippen molar-refractivity contribution in [2.24, 2.45) is 5.92 Å². The van der Waals surface area contributed by atoms with Gasteiger partial charge >= 0.3 is 6.18 Å². The molecule has 1 fully saturated rings. The first-order chi connectivity index (χ1) is 14.1. The molecule has 0 aliphatic heterocycles. The van der Waals surface area contributed by atoms with Crippen molar-refractivity contribution < 1.29 is 27.5 Å². The van der Waals surface area contributed by atoms with Gasteiger partial charge in [0.05, 0.1) is 12.5 Å². The first-order valence-corrected chi connectivity index (χ1v) is 9.64. The maximum absolute atomic E-state index is 12.5. The van der Waals surface area contributed by atoms with Crippen molar-refractivity contribution in [2.45, 2.75) is 38.4 Å². The van der Waals surface area contributed by atoms with E-state index in [1.807, 2.05) is 0 Å². The van der Waals surface area contributed by atoms with E-state index < -0.39 is 24.7 Å². The Morgan fingerprint density at radius 3 is 2.67 bits per heavy atom. The van der Waals surface area contributed by atoms with E-state index >= 15 is 0 Å². The largest absolute Gasteiger partial charge is 0.484 e. The second kappa shape index (κ2) is 8.99. The molecule has 6 nitrogen and oxygen atoms in total. The van der Waals surface area contributed by atoms with E-state index in [1.54, 1.807) is 6.92 Å². The van der Waals surface area contributed by atoms with Crippen molar-refractivity contribution >= 4 is 23.3 Å². The number of Topliss-reactive ketones (excluding diaryl/α,β-unsaturated/α-hetero) is 1. The molecule has 160 valence electrons. The molecule has 1 aliphatic rings. The van der Waals surface area contributed by atoms with E-state index in [4.69, 9.17) is 11.6 Å². The number of halogens is 4. The van der Waals surface area contributed by atoms with E-state index in [0.29, 0.717) is 5.56 Å². The molecule has 0 saturated heterocycles. The van der Waals surface area contributed by atoms with E-state index in [-0.39, 0.29) is 40.4 Å². The van der Waals surface area contributed by atoms with Gasteiger partial charge in [0.2, 0.25) is 0 Å². The molecule has 1 N–H and O–H groups in total. The Morgan fingerprint density at radius 2 is 2.03 bits per heavy atom. The van der Waals surface area contributed by atoms with Gasteiger partial charge in [0, 0.05) is 17.1 Å². The third-order valence-corrected chi connectivity index (χ3v) is 4.82. The van der Waals surface area contributed by atoms with Crippen molar-refractivity contribution in [1.29, 1.82) is 0 Å². The van der Waals surface area contributed by atoms with Crippen molar-refractivity contribution in [1.82, 2.24) is 15.3 Å². The van der Waals surface area contributed by atoms with Crippen LogP contribution in [0.15, 0.2) is 30.5 Å². The van der Waals surface area contributed by atoms with Crippen LogP contribution in [0.25, 0.3) is 0 Å². The highest BCUT2D eigenvalue weighted by Gasteiger charge is 2.30. The topological polar surface area (TPSA) is 81.2 Å². The average molecular weight is 442 g/mol. The summed E-state index contributed by atoms with van der Waals surface area (Å²) >= 11 is 6.15. The molecular weight excluding hydrogens is 423 g/mol. The highest BCUT2D eigenvalue weighted by Crippen LogP contribution is 2.31. The molecule has 30 heavy (non-hydrogen) atoms. The number of aromatic nitrogens is 2. The lowest BCUT2D eigenvalue weighted by Crippen LogP contribution is -2.28. The molecule has 1 heterocycles. The first kappa shape index (κ1) is 22.0. The Labute approximate surface area is 175 Å². The molecule has 3 rings (SSSR count). The van der Waals surface area contributed by atoms with E-state index in [0.717, 1.165) is 12.8 Å².